The number of carbonyl (C=O) groups excluding carboxylic acids is 1. The summed E-state index contributed by atoms with van der Waals surface area (Å²) in [6.45, 7) is 4.45. The molecule has 0 unspecified atom stereocenters. The van der Waals surface area contributed by atoms with Gasteiger partial charge in [-0.2, -0.15) is 5.26 Å². The highest BCUT2D eigenvalue weighted by Crippen LogP contribution is 2.14. The molecule has 0 radical (unpaired) electrons. The Kier molecular flexibility index (Phi) is 5.46. The average molecular weight is 245 g/mol. The normalized spacial score (nSPS) is 10.6. The Morgan fingerprint density at radius 3 is 2.44 bits per heavy atom. The SMILES string of the molecule is CCOC(=O)C(C#N)=Cc1ccc(OCC)cc1. The maximum atomic E-state index is 11.4. The first-order valence-corrected chi connectivity index (χ1v) is 5.73. The summed E-state index contributed by atoms with van der Waals surface area (Å²) in [5.41, 5.74) is 0.740. The molecule has 0 spiro atoms. The van der Waals surface area contributed by atoms with Crippen molar-refractivity contribution in [3.8, 4) is 11.8 Å². The van der Waals surface area contributed by atoms with Crippen LogP contribution in [0.2, 0.25) is 0 Å². The molecule has 1 rings (SSSR count). The molecule has 4 heteroatoms. The fourth-order valence-electron chi connectivity index (χ4n) is 1.34. The molecular formula is C14H15NO3. The molecule has 1 aromatic carbocycles. The summed E-state index contributed by atoms with van der Waals surface area (Å²) in [6.07, 6.45) is 1.49. The van der Waals surface area contributed by atoms with E-state index in [0.29, 0.717) is 6.61 Å². The molecular weight excluding hydrogens is 230 g/mol. The van der Waals surface area contributed by atoms with Gasteiger partial charge in [-0.1, -0.05) is 12.1 Å². The lowest BCUT2D eigenvalue weighted by molar-refractivity contribution is -0.137. The molecule has 4 nitrogen and oxygen atoms in total. The van der Waals surface area contributed by atoms with Crippen molar-refractivity contribution in [2.75, 3.05) is 13.2 Å². The molecule has 94 valence electrons. The van der Waals surface area contributed by atoms with Crippen LogP contribution in [-0.4, -0.2) is 19.2 Å². The molecule has 0 atom stereocenters. The van der Waals surface area contributed by atoms with E-state index >= 15 is 0 Å². The lowest BCUT2D eigenvalue weighted by atomic mass is 10.1. The van der Waals surface area contributed by atoms with Gasteiger partial charge < -0.3 is 9.47 Å². The van der Waals surface area contributed by atoms with Gasteiger partial charge in [-0.05, 0) is 37.6 Å². The highest BCUT2D eigenvalue weighted by atomic mass is 16.5. The lowest BCUT2D eigenvalue weighted by Gasteiger charge is -2.03. The van der Waals surface area contributed by atoms with Crippen LogP contribution in [0.15, 0.2) is 29.8 Å². The van der Waals surface area contributed by atoms with Gasteiger partial charge in [-0.3, -0.25) is 0 Å². The van der Waals surface area contributed by atoms with Gasteiger partial charge in [-0.25, -0.2) is 4.79 Å². The van der Waals surface area contributed by atoms with Crippen LogP contribution < -0.4 is 4.74 Å². The Hall–Kier alpha value is -2.28. The number of nitrogens with zero attached hydrogens (tertiary/aromatic N) is 1. The largest absolute Gasteiger partial charge is 0.494 e. The number of ether oxygens (including phenoxy) is 2. The molecule has 0 amide bonds. The molecule has 0 N–H and O–H groups in total. The zero-order valence-electron chi connectivity index (χ0n) is 10.5. The van der Waals surface area contributed by atoms with Crippen LogP contribution in [-0.2, 0) is 9.53 Å². The van der Waals surface area contributed by atoms with E-state index in [0.717, 1.165) is 11.3 Å². The Morgan fingerprint density at radius 1 is 1.28 bits per heavy atom. The second-order valence-corrected chi connectivity index (χ2v) is 3.39. The molecule has 0 aromatic heterocycles. The maximum absolute atomic E-state index is 11.4. The predicted molar refractivity (Wildman–Crippen MR) is 67.8 cm³/mol. The van der Waals surface area contributed by atoms with E-state index in [1.165, 1.54) is 6.08 Å². The van der Waals surface area contributed by atoms with Crippen molar-refractivity contribution < 1.29 is 14.3 Å². The van der Waals surface area contributed by atoms with E-state index in [-0.39, 0.29) is 12.2 Å². The third-order valence-corrected chi connectivity index (χ3v) is 2.12. The Labute approximate surface area is 106 Å². The van der Waals surface area contributed by atoms with Gasteiger partial charge in [0.1, 0.15) is 17.4 Å². The van der Waals surface area contributed by atoms with E-state index in [9.17, 15) is 4.79 Å². The predicted octanol–water partition coefficient (Wildman–Crippen LogP) is 2.56. The molecule has 18 heavy (non-hydrogen) atoms. The zero-order chi connectivity index (χ0) is 13.4. The second-order valence-electron chi connectivity index (χ2n) is 3.39. The summed E-state index contributed by atoms with van der Waals surface area (Å²) in [5, 5.41) is 8.88. The van der Waals surface area contributed by atoms with Gasteiger partial charge in [0, 0.05) is 0 Å². The number of rotatable bonds is 5. The van der Waals surface area contributed by atoms with E-state index in [2.05, 4.69) is 0 Å². The van der Waals surface area contributed by atoms with Crippen molar-refractivity contribution in [3.05, 3.63) is 35.4 Å². The first-order valence-electron chi connectivity index (χ1n) is 5.73. The van der Waals surface area contributed by atoms with Crippen molar-refractivity contribution >= 4 is 12.0 Å². The van der Waals surface area contributed by atoms with E-state index < -0.39 is 5.97 Å². The molecule has 0 fully saturated rings. The molecule has 0 aliphatic carbocycles. The van der Waals surface area contributed by atoms with E-state index in [4.69, 9.17) is 14.7 Å². The molecule has 0 aliphatic rings. The van der Waals surface area contributed by atoms with E-state index in [1.54, 1.807) is 31.2 Å². The lowest BCUT2D eigenvalue weighted by Crippen LogP contribution is -2.05. The number of carbonyl (C=O) groups is 1. The minimum absolute atomic E-state index is 0.0130. The molecule has 0 aliphatic heterocycles. The van der Waals surface area contributed by atoms with Crippen LogP contribution in [0.25, 0.3) is 6.08 Å². The maximum Gasteiger partial charge on any atom is 0.348 e. The van der Waals surface area contributed by atoms with Gasteiger partial charge in [0.15, 0.2) is 0 Å². The summed E-state index contributed by atoms with van der Waals surface area (Å²) in [6, 6.07) is 8.96. The minimum Gasteiger partial charge on any atom is -0.494 e. The molecule has 0 bridgehead atoms. The standard InChI is InChI=1S/C14H15NO3/c1-3-17-13-7-5-11(6-8-13)9-12(10-15)14(16)18-4-2/h5-9H,3-4H2,1-2H3. The summed E-state index contributed by atoms with van der Waals surface area (Å²) < 4.78 is 10.1. The van der Waals surface area contributed by atoms with Crippen LogP contribution >= 0.6 is 0 Å². The number of benzene rings is 1. The summed E-state index contributed by atoms with van der Waals surface area (Å²) in [4.78, 5) is 11.4. The highest BCUT2D eigenvalue weighted by molar-refractivity contribution is 5.97. The third kappa shape index (κ3) is 3.95. The fraction of sp³-hybridized carbons (Fsp3) is 0.286. The molecule has 0 saturated carbocycles. The highest BCUT2D eigenvalue weighted by Gasteiger charge is 2.09. The van der Waals surface area contributed by atoms with Gasteiger partial charge in [0.2, 0.25) is 0 Å². The third-order valence-electron chi connectivity index (χ3n) is 2.12. The summed E-state index contributed by atoms with van der Waals surface area (Å²) in [5.74, 6) is 0.151. The van der Waals surface area contributed by atoms with Gasteiger partial charge in [0.05, 0.1) is 13.2 Å². The summed E-state index contributed by atoms with van der Waals surface area (Å²) >= 11 is 0. The number of nitriles is 1. The second kappa shape index (κ2) is 7.13. The molecule has 0 heterocycles. The van der Waals surface area contributed by atoms with Crippen molar-refractivity contribution in [2.24, 2.45) is 0 Å². The van der Waals surface area contributed by atoms with Crippen LogP contribution in [0, 0.1) is 11.3 Å². The van der Waals surface area contributed by atoms with Crippen molar-refractivity contribution in [3.63, 3.8) is 0 Å². The monoisotopic (exact) mass is 245 g/mol. The smallest absolute Gasteiger partial charge is 0.348 e. The Morgan fingerprint density at radius 2 is 1.94 bits per heavy atom. The van der Waals surface area contributed by atoms with Gasteiger partial charge >= 0.3 is 5.97 Å². The van der Waals surface area contributed by atoms with Crippen LogP contribution in [0.5, 0.6) is 5.75 Å². The average Bonchev–Trinajstić information content (AvgIpc) is 2.38. The minimum atomic E-state index is -0.603. The van der Waals surface area contributed by atoms with Crippen LogP contribution in [0.3, 0.4) is 0 Å². The quantitative estimate of drug-likeness (QED) is 0.454. The van der Waals surface area contributed by atoms with Crippen molar-refractivity contribution in [1.29, 1.82) is 5.26 Å². The van der Waals surface area contributed by atoms with Crippen molar-refractivity contribution in [1.82, 2.24) is 0 Å². The molecule has 1 aromatic rings. The Balaban J connectivity index is 2.86. The zero-order valence-corrected chi connectivity index (χ0v) is 10.5. The van der Waals surface area contributed by atoms with Crippen molar-refractivity contribution in [2.45, 2.75) is 13.8 Å². The van der Waals surface area contributed by atoms with Crippen LogP contribution in [0.4, 0.5) is 0 Å². The van der Waals surface area contributed by atoms with Gasteiger partial charge in [0.25, 0.3) is 0 Å². The van der Waals surface area contributed by atoms with Crippen LogP contribution in [0.1, 0.15) is 19.4 Å². The fourth-order valence-corrected chi connectivity index (χ4v) is 1.34. The topological polar surface area (TPSA) is 59.3 Å². The number of esters is 1. The Bertz CT molecular complexity index is 469. The first kappa shape index (κ1) is 13.8. The summed E-state index contributed by atoms with van der Waals surface area (Å²) in [7, 11) is 0. The number of hydrogen-bond donors (Lipinski definition) is 0. The van der Waals surface area contributed by atoms with E-state index in [1.807, 2.05) is 13.0 Å². The first-order chi connectivity index (χ1) is 8.71. The van der Waals surface area contributed by atoms with Gasteiger partial charge in [-0.15, -0.1) is 0 Å². The molecule has 0 saturated heterocycles. The number of hydrogen-bond acceptors (Lipinski definition) is 4.